The summed E-state index contributed by atoms with van der Waals surface area (Å²) in [6, 6.07) is 0. The second-order valence-corrected chi connectivity index (χ2v) is 8.07. The van der Waals surface area contributed by atoms with Gasteiger partial charge in [0.05, 0.1) is 7.14 Å². The first-order valence-corrected chi connectivity index (χ1v) is 10.8. The molecule has 0 aliphatic rings. The number of halogens is 2. The van der Waals surface area contributed by atoms with Gasteiger partial charge in [-0.2, -0.15) is 0 Å². The van der Waals surface area contributed by atoms with E-state index >= 15 is 0 Å². The summed E-state index contributed by atoms with van der Waals surface area (Å²) in [6.45, 7) is 7.72. The van der Waals surface area contributed by atoms with Gasteiger partial charge in [-0.1, -0.05) is 46.5 Å². The van der Waals surface area contributed by atoms with Gasteiger partial charge in [0.15, 0.2) is 0 Å². The molecule has 0 aliphatic heterocycles. The van der Waals surface area contributed by atoms with Crippen LogP contribution in [0.15, 0.2) is 4.79 Å². The summed E-state index contributed by atoms with van der Waals surface area (Å²) in [7, 11) is 0. The molecule has 0 aliphatic carbocycles. The lowest BCUT2D eigenvalue weighted by Crippen LogP contribution is -2.25. The van der Waals surface area contributed by atoms with Crippen molar-refractivity contribution >= 4 is 45.2 Å². The van der Waals surface area contributed by atoms with Crippen molar-refractivity contribution in [1.29, 1.82) is 0 Å². The van der Waals surface area contributed by atoms with Gasteiger partial charge in [-0.3, -0.25) is 4.79 Å². The molecule has 0 radical (unpaired) electrons. The molecule has 0 fully saturated rings. The molecule has 1 aromatic heterocycles. The molecule has 0 bridgehead atoms. The lowest BCUT2D eigenvalue weighted by molar-refractivity contribution is 0.566. The Kier molecular flexibility index (Phi) is 10.3. The first-order valence-electron chi connectivity index (χ1n) is 8.67. The monoisotopic (exact) mass is 529 g/mol. The fourth-order valence-corrected chi connectivity index (χ4v) is 5.00. The van der Waals surface area contributed by atoms with Crippen LogP contribution in [0.25, 0.3) is 0 Å². The number of hydrogen-bond donors (Lipinski definition) is 0. The number of pyridine rings is 1. The Morgan fingerprint density at radius 1 is 0.773 bits per heavy atom. The summed E-state index contributed by atoms with van der Waals surface area (Å²) < 4.78 is 4.37. The molecule has 1 rings (SSSR count). The highest BCUT2D eigenvalue weighted by Crippen LogP contribution is 2.21. The molecule has 2 nitrogen and oxygen atoms in total. The minimum Gasteiger partial charge on any atom is -0.346 e. The van der Waals surface area contributed by atoms with Crippen LogP contribution in [0.1, 0.15) is 77.1 Å². The second-order valence-electron chi connectivity index (χ2n) is 5.92. The Hall–Kier alpha value is 0.410. The largest absolute Gasteiger partial charge is 0.346 e. The molecule has 0 saturated heterocycles. The summed E-state index contributed by atoms with van der Waals surface area (Å²) in [5.74, 6) is 0. The second kappa shape index (κ2) is 11.0. The Balaban J connectivity index is 3.23. The maximum Gasteiger partial charge on any atom is 0.208 e. The lowest BCUT2D eigenvalue weighted by Gasteiger charge is -2.21. The number of rotatable bonds is 10. The van der Waals surface area contributed by atoms with Crippen molar-refractivity contribution in [3.63, 3.8) is 0 Å². The van der Waals surface area contributed by atoms with Gasteiger partial charge in [-0.05, 0) is 77.3 Å². The van der Waals surface area contributed by atoms with E-state index < -0.39 is 0 Å². The average molecular weight is 529 g/mol. The van der Waals surface area contributed by atoms with E-state index in [1.165, 1.54) is 49.9 Å². The van der Waals surface area contributed by atoms with Crippen molar-refractivity contribution < 1.29 is 0 Å². The Morgan fingerprint density at radius 3 is 1.59 bits per heavy atom. The molecule has 1 heterocycles. The van der Waals surface area contributed by atoms with Gasteiger partial charge in [-0.15, -0.1) is 0 Å². The van der Waals surface area contributed by atoms with Crippen LogP contribution in [-0.4, -0.2) is 4.57 Å². The van der Waals surface area contributed by atoms with Gasteiger partial charge >= 0.3 is 0 Å². The van der Waals surface area contributed by atoms with Crippen molar-refractivity contribution in [1.82, 2.24) is 4.57 Å². The molecule has 0 atom stereocenters. The molecule has 0 saturated carbocycles. The maximum absolute atomic E-state index is 12.6. The summed E-state index contributed by atoms with van der Waals surface area (Å²) in [5, 5.41) is 0. The standard InChI is InChI=1S/C18H29I2NO/c1-4-7-9-11-14-16(19)18(22)17(20)15(12-10-8-5-2)21(14)13-6-3/h4-13H2,1-3H3. The van der Waals surface area contributed by atoms with Crippen LogP contribution < -0.4 is 5.43 Å². The minimum atomic E-state index is 0.256. The summed E-state index contributed by atoms with van der Waals surface area (Å²) in [4.78, 5) is 12.6. The summed E-state index contributed by atoms with van der Waals surface area (Å²) in [5.41, 5.74) is 2.83. The molecule has 22 heavy (non-hydrogen) atoms. The highest BCUT2D eigenvalue weighted by atomic mass is 127. The lowest BCUT2D eigenvalue weighted by atomic mass is 10.1. The van der Waals surface area contributed by atoms with E-state index in [-0.39, 0.29) is 5.43 Å². The van der Waals surface area contributed by atoms with E-state index in [4.69, 9.17) is 0 Å². The van der Waals surface area contributed by atoms with Crippen molar-refractivity contribution in [3.8, 4) is 0 Å². The van der Waals surface area contributed by atoms with Crippen molar-refractivity contribution in [2.75, 3.05) is 0 Å². The molecular weight excluding hydrogens is 500 g/mol. The van der Waals surface area contributed by atoms with E-state index in [2.05, 4.69) is 70.5 Å². The van der Waals surface area contributed by atoms with E-state index in [1.54, 1.807) is 0 Å². The van der Waals surface area contributed by atoms with Crippen molar-refractivity contribution in [2.24, 2.45) is 0 Å². The summed E-state index contributed by atoms with van der Waals surface area (Å²) in [6.07, 6.45) is 10.5. The van der Waals surface area contributed by atoms with Crippen LogP contribution >= 0.6 is 45.2 Å². The fraction of sp³-hybridized carbons (Fsp3) is 0.722. The van der Waals surface area contributed by atoms with Gasteiger partial charge in [0.2, 0.25) is 5.43 Å². The topological polar surface area (TPSA) is 22.0 Å². The fourth-order valence-electron chi connectivity index (χ4n) is 2.83. The Bertz CT molecular complexity index is 483. The first kappa shape index (κ1) is 20.5. The van der Waals surface area contributed by atoms with Gasteiger partial charge in [-0.25, -0.2) is 0 Å². The molecule has 0 N–H and O–H groups in total. The van der Waals surface area contributed by atoms with Crippen molar-refractivity contribution in [2.45, 2.75) is 85.1 Å². The highest BCUT2D eigenvalue weighted by Gasteiger charge is 2.17. The number of unbranched alkanes of at least 4 members (excludes halogenated alkanes) is 4. The molecule has 126 valence electrons. The molecule has 0 unspecified atom stereocenters. The van der Waals surface area contributed by atoms with E-state index in [0.717, 1.165) is 32.9 Å². The maximum atomic E-state index is 12.6. The molecule has 0 spiro atoms. The molecule has 0 amide bonds. The Labute approximate surface area is 162 Å². The van der Waals surface area contributed by atoms with Crippen LogP contribution in [-0.2, 0) is 19.4 Å². The quantitative estimate of drug-likeness (QED) is 0.272. The number of aromatic nitrogens is 1. The zero-order valence-electron chi connectivity index (χ0n) is 14.2. The van der Waals surface area contributed by atoms with Gasteiger partial charge in [0.25, 0.3) is 0 Å². The molecule has 1 aromatic rings. The summed E-state index contributed by atoms with van der Waals surface area (Å²) >= 11 is 4.54. The number of hydrogen-bond acceptors (Lipinski definition) is 1. The highest BCUT2D eigenvalue weighted by molar-refractivity contribution is 14.1. The zero-order chi connectivity index (χ0) is 16.5. The normalized spacial score (nSPS) is 11.1. The minimum absolute atomic E-state index is 0.256. The van der Waals surface area contributed by atoms with Crippen LogP contribution in [0.2, 0.25) is 0 Å². The van der Waals surface area contributed by atoms with Crippen molar-refractivity contribution in [3.05, 3.63) is 28.8 Å². The van der Waals surface area contributed by atoms with Gasteiger partial charge in [0.1, 0.15) is 0 Å². The SMILES string of the molecule is CCCCCc1c(I)c(=O)c(I)c(CCCCC)n1CCC. The third-order valence-corrected chi connectivity index (χ3v) is 6.26. The molecule has 4 heteroatoms. The smallest absolute Gasteiger partial charge is 0.208 e. The van der Waals surface area contributed by atoms with Gasteiger partial charge < -0.3 is 4.57 Å². The van der Waals surface area contributed by atoms with Crippen LogP contribution in [0.5, 0.6) is 0 Å². The number of nitrogens with zero attached hydrogens (tertiary/aromatic N) is 1. The predicted molar refractivity (Wildman–Crippen MR) is 113 cm³/mol. The van der Waals surface area contributed by atoms with Gasteiger partial charge in [0, 0.05) is 17.9 Å². The van der Waals surface area contributed by atoms with Crippen LogP contribution in [0.4, 0.5) is 0 Å². The zero-order valence-corrected chi connectivity index (χ0v) is 18.5. The third kappa shape index (κ3) is 5.49. The van der Waals surface area contributed by atoms with Crippen LogP contribution in [0.3, 0.4) is 0 Å². The predicted octanol–water partition coefficient (Wildman–Crippen LogP) is 5.93. The molecular formula is C18H29I2NO. The van der Waals surface area contributed by atoms with E-state index in [1.807, 2.05) is 0 Å². The average Bonchev–Trinajstić information content (AvgIpc) is 2.51. The van der Waals surface area contributed by atoms with Crippen LogP contribution in [0, 0.1) is 7.14 Å². The third-order valence-electron chi connectivity index (χ3n) is 4.04. The first-order chi connectivity index (χ1) is 10.6. The Morgan fingerprint density at radius 2 is 1.23 bits per heavy atom. The molecule has 0 aromatic carbocycles. The van der Waals surface area contributed by atoms with E-state index in [9.17, 15) is 4.79 Å². The van der Waals surface area contributed by atoms with E-state index in [0.29, 0.717) is 0 Å².